The van der Waals surface area contributed by atoms with Crippen LogP contribution >= 0.6 is 11.8 Å². The second kappa shape index (κ2) is 8.49. The lowest BCUT2D eigenvalue weighted by molar-refractivity contribution is 0.861. The molecule has 0 fully saturated rings. The third-order valence-corrected chi connectivity index (χ3v) is 4.11. The van der Waals surface area contributed by atoms with Crippen LogP contribution < -0.4 is 5.32 Å². The van der Waals surface area contributed by atoms with Crippen LogP contribution in [0.3, 0.4) is 0 Å². The van der Waals surface area contributed by atoms with Crippen LogP contribution in [0, 0.1) is 0 Å². The average Bonchev–Trinajstić information content (AvgIpc) is 2.51. The van der Waals surface area contributed by atoms with Gasteiger partial charge in [0, 0.05) is 22.9 Å². The molecule has 0 spiro atoms. The van der Waals surface area contributed by atoms with Gasteiger partial charge in [-0.15, -0.1) is 18.3 Å². The summed E-state index contributed by atoms with van der Waals surface area (Å²) in [5, 5.41) is 3.54. The van der Waals surface area contributed by atoms with E-state index in [2.05, 4.69) is 66.5 Å². The summed E-state index contributed by atoms with van der Waals surface area (Å²) in [4.78, 5) is 1.30. The van der Waals surface area contributed by atoms with Crippen LogP contribution in [0.15, 0.2) is 72.1 Å². The fourth-order valence-corrected chi connectivity index (χ4v) is 2.82. The maximum atomic E-state index is 3.77. The average molecular weight is 283 g/mol. The molecule has 0 bridgehead atoms. The zero-order chi connectivity index (χ0) is 14.0. The first-order valence-electron chi connectivity index (χ1n) is 7.00. The number of benzene rings is 2. The van der Waals surface area contributed by atoms with E-state index in [1.165, 1.54) is 16.1 Å². The van der Waals surface area contributed by atoms with Crippen LogP contribution in [0.5, 0.6) is 0 Å². The highest BCUT2D eigenvalue weighted by Gasteiger charge is 2.00. The molecule has 2 aromatic rings. The van der Waals surface area contributed by atoms with Gasteiger partial charge in [0.2, 0.25) is 0 Å². The van der Waals surface area contributed by atoms with Crippen molar-refractivity contribution in [2.24, 2.45) is 0 Å². The van der Waals surface area contributed by atoms with Crippen LogP contribution in [0.2, 0.25) is 0 Å². The normalized spacial score (nSPS) is 10.2. The van der Waals surface area contributed by atoms with Crippen molar-refractivity contribution in [2.75, 3.05) is 17.6 Å². The Bertz CT molecular complexity index is 522. The summed E-state index contributed by atoms with van der Waals surface area (Å²) in [6.07, 6.45) is 4.21. The van der Waals surface area contributed by atoms with Gasteiger partial charge in [-0.3, -0.25) is 0 Å². The molecule has 0 aromatic heterocycles. The molecular formula is C18H21NS. The van der Waals surface area contributed by atoms with E-state index in [0.29, 0.717) is 0 Å². The Labute approximate surface area is 126 Å². The summed E-state index contributed by atoms with van der Waals surface area (Å²) in [5.74, 6) is 0.947. The van der Waals surface area contributed by atoms with E-state index in [-0.39, 0.29) is 0 Å². The zero-order valence-corrected chi connectivity index (χ0v) is 12.5. The molecule has 0 saturated heterocycles. The zero-order valence-electron chi connectivity index (χ0n) is 11.7. The molecule has 20 heavy (non-hydrogen) atoms. The lowest BCUT2D eigenvalue weighted by Crippen LogP contribution is -2.04. The first kappa shape index (κ1) is 14.7. The largest absolute Gasteiger partial charge is 0.384 e. The van der Waals surface area contributed by atoms with Gasteiger partial charge in [-0.25, -0.2) is 0 Å². The molecule has 0 heterocycles. The van der Waals surface area contributed by atoms with Gasteiger partial charge in [-0.1, -0.05) is 48.5 Å². The maximum Gasteiger partial charge on any atom is 0.0478 e. The molecule has 0 radical (unpaired) electrons. The third kappa shape index (κ3) is 4.78. The number of hydrogen-bond donors (Lipinski definition) is 1. The predicted molar refractivity (Wildman–Crippen MR) is 90.6 cm³/mol. The number of nitrogens with one attached hydrogen (secondary N) is 1. The first-order chi connectivity index (χ1) is 9.90. The number of para-hydroxylation sites is 1. The van der Waals surface area contributed by atoms with Crippen LogP contribution in [0.25, 0.3) is 0 Å². The fourth-order valence-electron chi connectivity index (χ4n) is 2.05. The number of thioether (sulfide) groups is 1. The van der Waals surface area contributed by atoms with Gasteiger partial charge in [0.25, 0.3) is 0 Å². The van der Waals surface area contributed by atoms with Crippen molar-refractivity contribution in [3.63, 3.8) is 0 Å². The van der Waals surface area contributed by atoms with Gasteiger partial charge in [0.1, 0.15) is 0 Å². The topological polar surface area (TPSA) is 12.0 Å². The SMILES string of the molecule is C=CCSc1ccccc1NCCCc1ccccc1. The Morgan fingerprint density at radius 2 is 1.75 bits per heavy atom. The van der Waals surface area contributed by atoms with Crippen LogP contribution in [0.4, 0.5) is 5.69 Å². The summed E-state index contributed by atoms with van der Waals surface area (Å²) in [6.45, 7) is 4.77. The predicted octanol–water partition coefficient (Wildman–Crippen LogP) is 5.01. The Balaban J connectivity index is 1.80. The van der Waals surface area contributed by atoms with Gasteiger partial charge in [-0.05, 0) is 30.5 Å². The second-order valence-electron chi connectivity index (χ2n) is 4.61. The lowest BCUT2D eigenvalue weighted by atomic mass is 10.1. The van der Waals surface area contributed by atoms with Gasteiger partial charge in [0.05, 0.1) is 0 Å². The molecule has 0 amide bonds. The third-order valence-electron chi connectivity index (χ3n) is 3.04. The minimum absolute atomic E-state index is 0.947. The summed E-state index contributed by atoms with van der Waals surface area (Å²) in [6, 6.07) is 19.1. The molecule has 2 aromatic carbocycles. The van der Waals surface area contributed by atoms with Crippen LogP contribution in [0.1, 0.15) is 12.0 Å². The van der Waals surface area contributed by atoms with Crippen molar-refractivity contribution in [3.05, 3.63) is 72.8 Å². The van der Waals surface area contributed by atoms with Crippen molar-refractivity contribution in [3.8, 4) is 0 Å². The van der Waals surface area contributed by atoms with Gasteiger partial charge in [-0.2, -0.15) is 0 Å². The molecule has 0 aliphatic carbocycles. The molecule has 104 valence electrons. The minimum Gasteiger partial charge on any atom is -0.384 e. The lowest BCUT2D eigenvalue weighted by Gasteiger charge is -2.11. The van der Waals surface area contributed by atoms with Gasteiger partial charge in [0.15, 0.2) is 0 Å². The maximum absolute atomic E-state index is 3.77. The van der Waals surface area contributed by atoms with Gasteiger partial charge >= 0.3 is 0 Å². The van der Waals surface area contributed by atoms with Gasteiger partial charge < -0.3 is 5.32 Å². The summed E-state index contributed by atoms with van der Waals surface area (Å²) in [7, 11) is 0. The molecular weight excluding hydrogens is 262 g/mol. The summed E-state index contributed by atoms with van der Waals surface area (Å²) in [5.41, 5.74) is 2.64. The van der Waals surface area contributed by atoms with Crippen molar-refractivity contribution >= 4 is 17.4 Å². The number of hydrogen-bond acceptors (Lipinski definition) is 2. The Kier molecular flexibility index (Phi) is 6.25. The second-order valence-corrected chi connectivity index (χ2v) is 5.67. The van der Waals surface area contributed by atoms with Crippen LogP contribution in [-0.4, -0.2) is 12.3 Å². The molecule has 0 unspecified atom stereocenters. The van der Waals surface area contributed by atoms with Crippen molar-refractivity contribution in [1.82, 2.24) is 0 Å². The minimum atomic E-state index is 0.947. The number of aryl methyl sites for hydroxylation is 1. The van der Waals surface area contributed by atoms with Crippen molar-refractivity contribution < 1.29 is 0 Å². The van der Waals surface area contributed by atoms with E-state index in [0.717, 1.165) is 25.1 Å². The monoisotopic (exact) mass is 283 g/mol. The highest BCUT2D eigenvalue weighted by molar-refractivity contribution is 7.99. The Hall–Kier alpha value is -1.67. The smallest absolute Gasteiger partial charge is 0.0478 e. The van der Waals surface area contributed by atoms with E-state index >= 15 is 0 Å². The molecule has 0 aliphatic rings. The Morgan fingerprint density at radius 3 is 2.55 bits per heavy atom. The van der Waals surface area contributed by atoms with Crippen molar-refractivity contribution in [1.29, 1.82) is 0 Å². The molecule has 2 heteroatoms. The van der Waals surface area contributed by atoms with E-state index in [9.17, 15) is 0 Å². The quantitative estimate of drug-likeness (QED) is 0.415. The molecule has 0 aliphatic heterocycles. The number of rotatable bonds is 8. The molecule has 2 rings (SSSR count). The molecule has 0 saturated carbocycles. The molecule has 0 atom stereocenters. The van der Waals surface area contributed by atoms with E-state index in [4.69, 9.17) is 0 Å². The Morgan fingerprint density at radius 1 is 1.00 bits per heavy atom. The number of anilines is 1. The van der Waals surface area contributed by atoms with E-state index in [1.807, 2.05) is 17.8 Å². The van der Waals surface area contributed by atoms with E-state index in [1.54, 1.807) is 0 Å². The molecule has 1 N–H and O–H groups in total. The van der Waals surface area contributed by atoms with Crippen LogP contribution in [-0.2, 0) is 6.42 Å². The summed E-state index contributed by atoms with van der Waals surface area (Å²) >= 11 is 1.82. The fraction of sp³-hybridized carbons (Fsp3) is 0.222. The highest BCUT2D eigenvalue weighted by Crippen LogP contribution is 2.26. The summed E-state index contributed by atoms with van der Waals surface area (Å²) < 4.78 is 0. The first-order valence-corrected chi connectivity index (χ1v) is 7.99. The standard InChI is InChI=1S/C18H21NS/c1-2-15-20-18-13-7-6-12-17(18)19-14-8-11-16-9-4-3-5-10-16/h2-7,9-10,12-13,19H,1,8,11,14-15H2. The highest BCUT2D eigenvalue weighted by atomic mass is 32.2. The molecule has 1 nitrogen and oxygen atoms in total. The van der Waals surface area contributed by atoms with E-state index < -0.39 is 0 Å². The van der Waals surface area contributed by atoms with Crippen molar-refractivity contribution in [2.45, 2.75) is 17.7 Å².